The molecular weight excluding hydrogens is 824 g/mol. The van der Waals surface area contributed by atoms with Gasteiger partial charge in [0.15, 0.2) is 0 Å². The molecule has 4 nitrogen and oxygen atoms in total. The van der Waals surface area contributed by atoms with Gasteiger partial charge in [-0.2, -0.15) is 0 Å². The normalized spacial score (nSPS) is 16.2. The number of hydrogen-bond acceptors (Lipinski definition) is 4. The van der Waals surface area contributed by atoms with Gasteiger partial charge in [0.25, 0.3) is 0 Å². The smallest absolute Gasteiger partial charge is 0.333 e. The van der Waals surface area contributed by atoms with Gasteiger partial charge in [-0.05, 0) is 129 Å². The first-order chi connectivity index (χ1) is 31.8. The molecular formula is C60H47BN2O2S. The van der Waals surface area contributed by atoms with Gasteiger partial charge in [0.2, 0.25) is 0 Å². The number of anilines is 2. The van der Waals surface area contributed by atoms with Gasteiger partial charge in [-0.15, -0.1) is 11.3 Å². The summed E-state index contributed by atoms with van der Waals surface area (Å²) in [4.78, 5) is 2.68. The maximum atomic E-state index is 7.32. The van der Waals surface area contributed by atoms with Gasteiger partial charge in [0.1, 0.15) is 22.3 Å². The number of benzene rings is 8. The van der Waals surface area contributed by atoms with Gasteiger partial charge in [-0.25, -0.2) is 0 Å². The number of furan rings is 2. The molecule has 6 heteroatoms. The summed E-state index contributed by atoms with van der Waals surface area (Å²) in [7, 11) is 0. The van der Waals surface area contributed by atoms with E-state index in [0.29, 0.717) is 0 Å². The van der Waals surface area contributed by atoms with Crippen molar-refractivity contribution in [2.24, 2.45) is 0 Å². The topological polar surface area (TPSA) is 34.5 Å². The van der Waals surface area contributed by atoms with Crippen LogP contribution in [0.5, 0.6) is 0 Å². The fraction of sp³-hybridized carbons (Fsp3) is 0.200. The second-order valence-corrected chi connectivity index (χ2v) is 23.0. The molecule has 0 spiro atoms. The first kappa shape index (κ1) is 37.5. The Kier molecular flexibility index (Phi) is 6.91. The number of hydrogen-bond donors (Lipinski definition) is 0. The summed E-state index contributed by atoms with van der Waals surface area (Å²) in [6.07, 6.45) is 2.29. The Morgan fingerprint density at radius 3 is 2.00 bits per heavy atom. The van der Waals surface area contributed by atoms with E-state index in [2.05, 4.69) is 191 Å². The minimum absolute atomic E-state index is 0.0143. The average molecular weight is 871 g/mol. The number of rotatable bonds is 1. The largest absolute Gasteiger partial charge is 0.456 e. The molecule has 3 aliphatic rings. The standard InChI is InChI=1S/C60H47BN2O2S/c1-58(2,3)32-20-22-33(23-21-32)63-45-28-38-35-15-10-13-19-50(35)66-51(38)29-40(45)52-53-36-16-9-12-18-48(36)65-57(53)54-39-26-41-42(60(6,7)25-24-59(41,4)5)30-44(39)62-46-27-37-34-14-8-11-17-47(34)64-49(37)31-43(46)61(63)55(52)56(54)62/h8-23,26-31H,24-25H2,1-7H3. The molecule has 0 fully saturated rings. The van der Waals surface area contributed by atoms with Crippen LogP contribution in [0, 0.1) is 0 Å². The second kappa shape index (κ2) is 12.2. The van der Waals surface area contributed by atoms with Crippen LogP contribution in [0.25, 0.3) is 103 Å². The minimum atomic E-state index is -0.192. The molecule has 1 aliphatic carbocycles. The quantitative estimate of drug-likeness (QED) is 0.154. The third-order valence-corrected chi connectivity index (χ3v) is 17.3. The summed E-state index contributed by atoms with van der Waals surface area (Å²) >= 11 is 1.89. The maximum Gasteiger partial charge on any atom is 0.333 e. The van der Waals surface area contributed by atoms with Crippen molar-refractivity contribution in [1.82, 2.24) is 4.57 Å². The first-order valence-electron chi connectivity index (χ1n) is 23.7. The summed E-state index contributed by atoms with van der Waals surface area (Å²) in [5.74, 6) is 0. The van der Waals surface area contributed by atoms with Gasteiger partial charge in [0.05, 0.1) is 16.4 Å². The van der Waals surface area contributed by atoms with Crippen LogP contribution in [0.3, 0.4) is 0 Å². The predicted molar refractivity (Wildman–Crippen MR) is 281 cm³/mol. The highest BCUT2D eigenvalue weighted by Crippen LogP contribution is 2.55. The summed E-state index contributed by atoms with van der Waals surface area (Å²) < 4.78 is 19.4. The molecule has 0 atom stereocenters. The maximum absolute atomic E-state index is 7.32. The Morgan fingerprint density at radius 1 is 0.576 bits per heavy atom. The van der Waals surface area contributed by atoms with Gasteiger partial charge in [0, 0.05) is 69.7 Å². The van der Waals surface area contributed by atoms with E-state index in [1.165, 1.54) is 103 Å². The number of thiophene rings is 1. The Labute approximate surface area is 387 Å². The van der Waals surface area contributed by atoms with Crippen LogP contribution in [-0.4, -0.2) is 11.4 Å². The van der Waals surface area contributed by atoms with Crippen LogP contribution in [0.4, 0.5) is 11.4 Å². The van der Waals surface area contributed by atoms with Gasteiger partial charge in [-0.1, -0.05) is 115 Å². The molecule has 15 rings (SSSR count). The van der Waals surface area contributed by atoms with Crippen LogP contribution in [0.2, 0.25) is 0 Å². The van der Waals surface area contributed by atoms with E-state index in [0.717, 1.165) is 51.3 Å². The average Bonchev–Trinajstić information content (AvgIpc) is 4.07. The van der Waals surface area contributed by atoms with E-state index in [1.807, 2.05) is 11.3 Å². The second-order valence-electron chi connectivity index (χ2n) is 21.9. The van der Waals surface area contributed by atoms with Crippen molar-refractivity contribution in [3.8, 4) is 16.8 Å². The van der Waals surface area contributed by atoms with E-state index in [1.54, 1.807) is 0 Å². The molecule has 66 heavy (non-hydrogen) atoms. The van der Waals surface area contributed by atoms with Crippen molar-refractivity contribution in [2.45, 2.75) is 77.6 Å². The molecule has 0 amide bonds. The summed E-state index contributed by atoms with van der Waals surface area (Å²) in [5, 5.41) is 9.68. The molecule has 8 aromatic carbocycles. The first-order valence-corrected chi connectivity index (χ1v) is 24.5. The third kappa shape index (κ3) is 4.65. The number of para-hydroxylation sites is 2. The lowest BCUT2D eigenvalue weighted by atomic mass is 9.43. The minimum Gasteiger partial charge on any atom is -0.456 e. The molecule has 0 saturated carbocycles. The lowest BCUT2D eigenvalue weighted by Gasteiger charge is -2.42. The summed E-state index contributed by atoms with van der Waals surface area (Å²) in [6.45, 7) is 16.5. The molecule has 12 aromatic rings. The van der Waals surface area contributed by atoms with Crippen LogP contribution >= 0.6 is 11.3 Å². The van der Waals surface area contributed by atoms with E-state index < -0.39 is 0 Å². The molecule has 0 saturated heterocycles. The lowest BCUT2D eigenvalue weighted by molar-refractivity contribution is 0.332. The molecule has 318 valence electrons. The Hall–Kier alpha value is -6.76. The SMILES string of the molecule is CC(C)(C)c1ccc(N2B3c4cc5oc6ccccc6c5cc4-n4c5cc6c(cc5c5c7oc8ccccc8c7c(c3c54)-c3cc4sc5ccccc5c4cc32)C(C)(C)CCC6(C)C)cc1. The summed E-state index contributed by atoms with van der Waals surface area (Å²) in [5.41, 5.74) is 19.2. The van der Waals surface area contributed by atoms with E-state index in [9.17, 15) is 0 Å². The lowest BCUT2D eigenvalue weighted by Crippen LogP contribution is -2.60. The zero-order valence-electron chi connectivity index (χ0n) is 38.3. The number of aromatic nitrogens is 1. The zero-order valence-corrected chi connectivity index (χ0v) is 39.1. The van der Waals surface area contributed by atoms with Crippen LogP contribution in [0.15, 0.2) is 142 Å². The van der Waals surface area contributed by atoms with Crippen molar-refractivity contribution < 1.29 is 8.83 Å². The molecule has 0 N–H and O–H groups in total. The molecule has 0 unspecified atom stereocenters. The van der Waals surface area contributed by atoms with E-state index in [4.69, 9.17) is 8.83 Å². The fourth-order valence-electron chi connectivity index (χ4n) is 12.7. The van der Waals surface area contributed by atoms with E-state index in [-0.39, 0.29) is 23.1 Å². The number of nitrogens with zero attached hydrogens (tertiary/aromatic N) is 2. The molecule has 2 aliphatic heterocycles. The van der Waals surface area contributed by atoms with Crippen molar-refractivity contribution in [2.75, 3.05) is 4.81 Å². The van der Waals surface area contributed by atoms with Crippen LogP contribution in [0.1, 0.15) is 78.0 Å². The zero-order chi connectivity index (χ0) is 44.3. The Bertz CT molecular complexity index is 4170. The van der Waals surface area contributed by atoms with Crippen LogP contribution < -0.4 is 15.7 Å². The molecule has 0 radical (unpaired) electrons. The highest BCUT2D eigenvalue weighted by atomic mass is 32.1. The third-order valence-electron chi connectivity index (χ3n) is 16.2. The van der Waals surface area contributed by atoms with E-state index >= 15 is 0 Å². The van der Waals surface area contributed by atoms with Gasteiger partial charge < -0.3 is 18.2 Å². The summed E-state index contributed by atoms with van der Waals surface area (Å²) in [6, 6.07) is 50.6. The molecule has 0 bridgehead atoms. The fourth-order valence-corrected chi connectivity index (χ4v) is 13.8. The van der Waals surface area contributed by atoms with Crippen molar-refractivity contribution >= 4 is 126 Å². The molecule has 6 heterocycles. The Morgan fingerprint density at radius 2 is 1.24 bits per heavy atom. The van der Waals surface area contributed by atoms with Gasteiger partial charge >= 0.3 is 6.85 Å². The predicted octanol–water partition coefficient (Wildman–Crippen LogP) is 15.8. The van der Waals surface area contributed by atoms with Gasteiger partial charge in [-0.3, -0.25) is 0 Å². The highest BCUT2D eigenvalue weighted by Gasteiger charge is 2.47. The number of fused-ring (bicyclic) bond motifs is 20. The monoisotopic (exact) mass is 870 g/mol. The Balaban J connectivity index is 1.20. The molecule has 4 aromatic heterocycles. The van der Waals surface area contributed by atoms with Crippen molar-refractivity contribution in [1.29, 1.82) is 0 Å². The van der Waals surface area contributed by atoms with Crippen LogP contribution in [-0.2, 0) is 16.2 Å². The van der Waals surface area contributed by atoms with Crippen molar-refractivity contribution in [3.05, 3.63) is 150 Å². The van der Waals surface area contributed by atoms with Crippen molar-refractivity contribution in [3.63, 3.8) is 0 Å². The highest BCUT2D eigenvalue weighted by molar-refractivity contribution is 7.25.